The van der Waals surface area contributed by atoms with Crippen molar-refractivity contribution >= 4 is 32.5 Å². The van der Waals surface area contributed by atoms with Gasteiger partial charge in [0, 0.05) is 6.07 Å². The van der Waals surface area contributed by atoms with Crippen LogP contribution in [0.4, 0.5) is 0 Å². The molecule has 1 atom stereocenters. The maximum absolute atomic E-state index is 12.5. The van der Waals surface area contributed by atoms with E-state index in [4.69, 9.17) is 4.74 Å². The number of nitrogens with zero attached hydrogens (tertiary/aromatic N) is 2. The normalized spacial score (nSPS) is 12.3. The van der Waals surface area contributed by atoms with Gasteiger partial charge in [-0.25, -0.2) is 4.98 Å². The maximum Gasteiger partial charge on any atom is 0.313 e. The number of hydrogen-bond donors (Lipinski definition) is 0. The Labute approximate surface area is 159 Å². The van der Waals surface area contributed by atoms with E-state index in [1.165, 1.54) is 17.4 Å². The van der Waals surface area contributed by atoms with Crippen molar-refractivity contribution in [3.8, 4) is 0 Å². The van der Waals surface area contributed by atoms with E-state index in [9.17, 15) is 9.59 Å². The molecule has 4 rings (SSSR count). The maximum atomic E-state index is 12.5. The van der Waals surface area contributed by atoms with Crippen molar-refractivity contribution in [1.29, 1.82) is 0 Å². The zero-order valence-electron chi connectivity index (χ0n) is 14.8. The third kappa shape index (κ3) is 3.36. The number of fused-ring (bicyclic) bond motifs is 3. The average Bonchev–Trinajstić information content (AvgIpc) is 3.06. The van der Waals surface area contributed by atoms with Crippen LogP contribution in [-0.4, -0.2) is 15.4 Å². The number of carbonyl (C=O) groups is 1. The fourth-order valence-corrected chi connectivity index (χ4v) is 4.22. The van der Waals surface area contributed by atoms with Crippen molar-refractivity contribution in [3.63, 3.8) is 0 Å². The van der Waals surface area contributed by atoms with Gasteiger partial charge < -0.3 is 4.74 Å². The van der Waals surface area contributed by atoms with Crippen LogP contribution >= 0.6 is 11.3 Å². The van der Waals surface area contributed by atoms with Gasteiger partial charge in [0.2, 0.25) is 0 Å². The molecule has 2 aromatic heterocycles. The van der Waals surface area contributed by atoms with Crippen LogP contribution in [0.5, 0.6) is 0 Å². The summed E-state index contributed by atoms with van der Waals surface area (Å²) in [5, 5.41) is 0. The van der Waals surface area contributed by atoms with E-state index in [0.29, 0.717) is 17.1 Å². The van der Waals surface area contributed by atoms with Crippen LogP contribution in [0.15, 0.2) is 65.5 Å². The van der Waals surface area contributed by atoms with Gasteiger partial charge in [0.25, 0.3) is 5.56 Å². The molecule has 0 unspecified atom stereocenters. The Bertz CT molecular complexity index is 1160. The lowest BCUT2D eigenvalue weighted by molar-refractivity contribution is -0.147. The van der Waals surface area contributed by atoms with Gasteiger partial charge in [-0.15, -0.1) is 0 Å². The van der Waals surface area contributed by atoms with Crippen LogP contribution in [0.25, 0.3) is 15.2 Å². The number of carbonyl (C=O) groups excluding carboxylic acids is 1. The van der Waals surface area contributed by atoms with Crippen molar-refractivity contribution in [2.75, 3.05) is 0 Å². The number of ether oxygens (including phenoxy) is 1. The summed E-state index contributed by atoms with van der Waals surface area (Å²) in [6, 6.07) is 18.7. The smallest absolute Gasteiger partial charge is 0.313 e. The Morgan fingerprint density at radius 2 is 1.89 bits per heavy atom. The second-order valence-electron chi connectivity index (χ2n) is 6.25. The highest BCUT2D eigenvalue weighted by molar-refractivity contribution is 7.23. The van der Waals surface area contributed by atoms with E-state index in [0.717, 1.165) is 15.8 Å². The SMILES string of the molecule is CC[C@H](C(=O)OCc1cc(=O)n2c(n1)sc1ccccc12)c1ccccc1. The van der Waals surface area contributed by atoms with Gasteiger partial charge in [-0.2, -0.15) is 0 Å². The van der Waals surface area contributed by atoms with Crippen LogP contribution in [0.3, 0.4) is 0 Å². The molecule has 27 heavy (non-hydrogen) atoms. The summed E-state index contributed by atoms with van der Waals surface area (Å²) in [5.41, 5.74) is 2.06. The van der Waals surface area contributed by atoms with E-state index in [1.807, 2.05) is 61.5 Å². The van der Waals surface area contributed by atoms with Crippen molar-refractivity contribution in [2.24, 2.45) is 0 Å². The first-order valence-electron chi connectivity index (χ1n) is 8.79. The molecular formula is C21H18N2O3S. The standard InChI is InChI=1S/C21H18N2O3S/c1-2-16(14-8-4-3-5-9-14)20(25)26-13-15-12-19(24)23-17-10-6-7-11-18(17)27-21(23)22-15/h3-12,16H,2,13H2,1H3/t16-/m0/s1. The van der Waals surface area contributed by atoms with Crippen molar-refractivity contribution in [2.45, 2.75) is 25.9 Å². The van der Waals surface area contributed by atoms with Crippen molar-refractivity contribution in [3.05, 3.63) is 82.3 Å². The number of hydrogen-bond acceptors (Lipinski definition) is 5. The van der Waals surface area contributed by atoms with E-state index in [2.05, 4.69) is 4.98 Å². The molecule has 0 saturated heterocycles. The third-order valence-electron chi connectivity index (χ3n) is 4.51. The molecule has 0 fully saturated rings. The van der Waals surface area contributed by atoms with Crippen LogP contribution in [0, 0.1) is 0 Å². The molecule has 5 nitrogen and oxygen atoms in total. The molecule has 0 radical (unpaired) electrons. The van der Waals surface area contributed by atoms with E-state index in [1.54, 1.807) is 4.40 Å². The first-order valence-corrected chi connectivity index (χ1v) is 9.61. The molecule has 0 spiro atoms. The zero-order chi connectivity index (χ0) is 18.8. The van der Waals surface area contributed by atoms with Crippen molar-refractivity contribution < 1.29 is 9.53 Å². The summed E-state index contributed by atoms with van der Waals surface area (Å²) in [7, 11) is 0. The Morgan fingerprint density at radius 3 is 2.67 bits per heavy atom. The molecule has 6 heteroatoms. The third-order valence-corrected chi connectivity index (χ3v) is 5.53. The number of aromatic nitrogens is 2. The second-order valence-corrected chi connectivity index (χ2v) is 7.26. The fraction of sp³-hybridized carbons (Fsp3) is 0.190. The molecule has 0 aliphatic carbocycles. The summed E-state index contributed by atoms with van der Waals surface area (Å²) < 4.78 is 8.05. The summed E-state index contributed by atoms with van der Waals surface area (Å²) in [5.74, 6) is -0.623. The Morgan fingerprint density at radius 1 is 1.15 bits per heavy atom. The number of thiazole rings is 1. The summed E-state index contributed by atoms with van der Waals surface area (Å²) in [6.07, 6.45) is 0.647. The van der Waals surface area contributed by atoms with Crippen LogP contribution < -0.4 is 5.56 Å². The minimum atomic E-state index is -0.319. The lowest BCUT2D eigenvalue weighted by Crippen LogP contribution is -2.18. The molecule has 2 aromatic carbocycles. The summed E-state index contributed by atoms with van der Waals surface area (Å²) in [6.45, 7) is 1.94. The molecule has 0 amide bonds. The number of benzene rings is 2. The largest absolute Gasteiger partial charge is 0.459 e. The highest BCUT2D eigenvalue weighted by Crippen LogP contribution is 2.24. The lowest BCUT2D eigenvalue weighted by Gasteiger charge is -2.14. The van der Waals surface area contributed by atoms with Gasteiger partial charge in [0.1, 0.15) is 6.61 Å². The minimum absolute atomic E-state index is 0.0118. The van der Waals surface area contributed by atoms with E-state index in [-0.39, 0.29) is 24.1 Å². The fourth-order valence-electron chi connectivity index (χ4n) is 3.17. The zero-order valence-corrected chi connectivity index (χ0v) is 15.6. The van der Waals surface area contributed by atoms with Gasteiger partial charge in [0.05, 0.1) is 21.8 Å². The monoisotopic (exact) mass is 378 g/mol. The summed E-state index contributed by atoms with van der Waals surface area (Å²) in [4.78, 5) is 30.1. The Kier molecular flexibility index (Phi) is 4.73. The average molecular weight is 378 g/mol. The van der Waals surface area contributed by atoms with Crippen molar-refractivity contribution in [1.82, 2.24) is 9.38 Å². The topological polar surface area (TPSA) is 60.7 Å². The van der Waals surface area contributed by atoms with E-state index < -0.39 is 0 Å². The van der Waals surface area contributed by atoms with Crippen LogP contribution in [0.1, 0.15) is 30.5 Å². The van der Waals surface area contributed by atoms with E-state index >= 15 is 0 Å². The van der Waals surface area contributed by atoms with Crippen LogP contribution in [0.2, 0.25) is 0 Å². The van der Waals surface area contributed by atoms with Gasteiger partial charge in [-0.3, -0.25) is 14.0 Å². The van der Waals surface area contributed by atoms with Crippen LogP contribution in [-0.2, 0) is 16.1 Å². The molecule has 0 bridgehead atoms. The summed E-state index contributed by atoms with van der Waals surface area (Å²) >= 11 is 1.44. The Balaban J connectivity index is 1.57. The quantitative estimate of drug-likeness (QED) is 0.490. The van der Waals surface area contributed by atoms with Gasteiger partial charge in [-0.1, -0.05) is 60.7 Å². The number of rotatable bonds is 5. The number of para-hydroxylation sites is 1. The lowest BCUT2D eigenvalue weighted by atomic mass is 9.97. The molecule has 0 N–H and O–H groups in total. The predicted molar refractivity (Wildman–Crippen MR) is 106 cm³/mol. The first-order chi connectivity index (χ1) is 13.2. The molecular weight excluding hydrogens is 360 g/mol. The molecule has 4 aromatic rings. The molecule has 0 saturated carbocycles. The first kappa shape index (κ1) is 17.4. The molecule has 136 valence electrons. The van der Waals surface area contributed by atoms with Gasteiger partial charge in [0.15, 0.2) is 4.96 Å². The Hall–Kier alpha value is -2.99. The molecule has 0 aliphatic rings. The highest BCUT2D eigenvalue weighted by atomic mass is 32.1. The predicted octanol–water partition coefficient (Wildman–Crippen LogP) is 4.15. The number of esters is 1. The van der Waals surface area contributed by atoms with Gasteiger partial charge >= 0.3 is 5.97 Å². The second kappa shape index (κ2) is 7.32. The molecule has 2 heterocycles. The highest BCUT2D eigenvalue weighted by Gasteiger charge is 2.20. The molecule has 0 aliphatic heterocycles. The minimum Gasteiger partial charge on any atom is -0.459 e. The van der Waals surface area contributed by atoms with Gasteiger partial charge in [-0.05, 0) is 24.1 Å².